The minimum absolute atomic E-state index is 0.930. The van der Waals surface area contributed by atoms with Gasteiger partial charge in [0.05, 0.1) is 0 Å². The summed E-state index contributed by atoms with van der Waals surface area (Å²) >= 11 is 0. The van der Waals surface area contributed by atoms with Crippen LogP contribution in [0, 0.1) is 0 Å². The highest BCUT2D eigenvalue weighted by molar-refractivity contribution is 6.73. The van der Waals surface area contributed by atoms with Gasteiger partial charge in [-0.1, -0.05) is 77.6 Å². The Hall–Kier alpha value is 0.394. The zero-order valence-corrected chi connectivity index (χ0v) is 16.4. The van der Waals surface area contributed by atoms with Crippen molar-refractivity contribution in [2.24, 2.45) is 0 Å². The lowest BCUT2D eigenvalue weighted by atomic mass is 10.1. The fourth-order valence-corrected chi connectivity index (χ4v) is 4.23. The van der Waals surface area contributed by atoms with Crippen molar-refractivity contribution in [2.45, 2.75) is 96.7 Å². The van der Waals surface area contributed by atoms with Crippen molar-refractivity contribution in [3.8, 4) is 0 Å². The second-order valence-electron chi connectivity index (χ2n) is 6.25. The number of unbranched alkanes of at least 4 members (excludes halogenated alkanes) is 10. The Balaban J connectivity index is 3.08. The van der Waals surface area contributed by atoms with E-state index in [4.69, 9.17) is 4.12 Å². The predicted molar refractivity (Wildman–Crippen MR) is 89.8 cm³/mol. The molecule has 110 valence electrons. The Morgan fingerprint density at radius 3 is 1.50 bits per heavy atom. The highest BCUT2D eigenvalue weighted by Crippen LogP contribution is 2.16. The normalized spacial score (nSPS) is 12.2. The van der Waals surface area contributed by atoms with Crippen LogP contribution in [0.25, 0.3) is 0 Å². The van der Waals surface area contributed by atoms with Crippen molar-refractivity contribution in [2.75, 3.05) is 0 Å². The van der Waals surface area contributed by atoms with Crippen LogP contribution in [0.2, 0.25) is 19.1 Å². The number of hydrogen-bond donors (Lipinski definition) is 0. The van der Waals surface area contributed by atoms with Crippen molar-refractivity contribution in [1.82, 2.24) is 0 Å². The van der Waals surface area contributed by atoms with Gasteiger partial charge < -0.3 is 4.12 Å². The van der Waals surface area contributed by atoms with Crippen LogP contribution < -0.4 is 0 Å². The van der Waals surface area contributed by atoms with Crippen LogP contribution >= 0.6 is 0 Å². The lowest BCUT2D eigenvalue weighted by Gasteiger charge is -2.20. The lowest BCUT2D eigenvalue weighted by molar-refractivity contribution is 0.547. The fourth-order valence-electron chi connectivity index (χ4n) is 2.32. The van der Waals surface area contributed by atoms with Crippen LogP contribution in [0.5, 0.6) is 0 Å². The van der Waals surface area contributed by atoms with Crippen LogP contribution in [0.4, 0.5) is 0 Å². The van der Waals surface area contributed by atoms with Crippen molar-refractivity contribution in [3.05, 3.63) is 0 Å². The molecule has 0 fully saturated rings. The van der Waals surface area contributed by atoms with Crippen molar-refractivity contribution < 1.29 is 4.12 Å². The van der Waals surface area contributed by atoms with E-state index in [9.17, 15) is 0 Å². The summed E-state index contributed by atoms with van der Waals surface area (Å²) < 4.78 is 5.71. The van der Waals surface area contributed by atoms with Gasteiger partial charge in [0.25, 0.3) is 0 Å². The third-order valence-electron chi connectivity index (χ3n) is 3.93. The SMILES string of the molecule is CCCCCCCCCCCCC[Si](C)(C)O[SiH3]. The maximum absolute atomic E-state index is 5.71. The number of hydrogen-bond acceptors (Lipinski definition) is 1. The summed E-state index contributed by atoms with van der Waals surface area (Å²) in [6, 6.07) is 1.37. The summed E-state index contributed by atoms with van der Waals surface area (Å²) in [7, 11) is -0.280. The minimum Gasteiger partial charge on any atom is -0.463 e. The molecule has 3 heteroatoms. The maximum Gasteiger partial charge on any atom is 0.172 e. The topological polar surface area (TPSA) is 9.23 Å². The Morgan fingerprint density at radius 2 is 1.11 bits per heavy atom. The third-order valence-corrected chi connectivity index (χ3v) is 9.91. The first kappa shape index (κ1) is 18.4. The quantitative estimate of drug-likeness (QED) is 0.349. The van der Waals surface area contributed by atoms with Crippen LogP contribution in [0.1, 0.15) is 77.6 Å². The van der Waals surface area contributed by atoms with E-state index in [1.54, 1.807) is 0 Å². The Labute approximate surface area is 120 Å². The van der Waals surface area contributed by atoms with E-state index in [1.165, 1.54) is 76.7 Å². The third kappa shape index (κ3) is 12.8. The van der Waals surface area contributed by atoms with E-state index < -0.39 is 8.32 Å². The molecule has 0 rings (SSSR count). The Kier molecular flexibility index (Phi) is 12.7. The second kappa shape index (κ2) is 12.4. The van der Waals surface area contributed by atoms with E-state index in [0.717, 1.165) is 10.5 Å². The van der Waals surface area contributed by atoms with Gasteiger partial charge in [0.1, 0.15) is 10.5 Å². The molecule has 0 N–H and O–H groups in total. The highest BCUT2D eigenvalue weighted by Gasteiger charge is 2.18. The van der Waals surface area contributed by atoms with Crippen LogP contribution in [0.15, 0.2) is 0 Å². The largest absolute Gasteiger partial charge is 0.463 e. The molecule has 0 aromatic heterocycles. The summed E-state index contributed by atoms with van der Waals surface area (Å²) in [6.45, 7) is 7.00. The molecule has 0 aliphatic rings. The summed E-state index contributed by atoms with van der Waals surface area (Å²) in [6.07, 6.45) is 15.8. The molecule has 18 heavy (non-hydrogen) atoms. The molecule has 0 radical (unpaired) electrons. The summed E-state index contributed by atoms with van der Waals surface area (Å²) in [5, 5.41) is 0. The van der Waals surface area contributed by atoms with E-state index in [-0.39, 0.29) is 0 Å². The van der Waals surface area contributed by atoms with Gasteiger partial charge in [-0.15, -0.1) is 0 Å². The van der Waals surface area contributed by atoms with Gasteiger partial charge in [0.15, 0.2) is 8.32 Å². The molecule has 0 spiro atoms. The van der Waals surface area contributed by atoms with Crippen molar-refractivity contribution in [3.63, 3.8) is 0 Å². The van der Waals surface area contributed by atoms with Crippen LogP contribution in [0.3, 0.4) is 0 Å². The van der Waals surface area contributed by atoms with E-state index in [1.807, 2.05) is 0 Å². The number of rotatable bonds is 13. The van der Waals surface area contributed by atoms with Gasteiger partial charge in [0, 0.05) is 0 Å². The molecule has 0 heterocycles. The minimum atomic E-state index is -1.21. The Morgan fingerprint density at radius 1 is 0.722 bits per heavy atom. The maximum atomic E-state index is 5.71. The molecule has 0 aromatic carbocycles. The standard InChI is InChI=1S/C15H36OSi2/c1-4-5-6-7-8-9-10-11-12-13-14-15-18(2,3)16-17/h4-15H2,1-3,17H3. The predicted octanol–water partition coefficient (Wildman–Crippen LogP) is 4.80. The summed E-state index contributed by atoms with van der Waals surface area (Å²) in [5.74, 6) is 0. The molecule has 0 aliphatic carbocycles. The zero-order chi connectivity index (χ0) is 13.7. The Bertz CT molecular complexity index is 172. The molecule has 0 saturated carbocycles. The monoisotopic (exact) mass is 288 g/mol. The molecular formula is C15H36OSi2. The average molecular weight is 289 g/mol. The fraction of sp³-hybridized carbons (Fsp3) is 1.00. The van der Waals surface area contributed by atoms with E-state index in [2.05, 4.69) is 20.0 Å². The lowest BCUT2D eigenvalue weighted by Crippen LogP contribution is -2.28. The zero-order valence-electron chi connectivity index (χ0n) is 13.4. The van der Waals surface area contributed by atoms with Gasteiger partial charge in [-0.2, -0.15) is 0 Å². The highest BCUT2D eigenvalue weighted by atomic mass is 28.4. The van der Waals surface area contributed by atoms with Gasteiger partial charge in [-0.3, -0.25) is 0 Å². The molecule has 0 unspecified atom stereocenters. The average Bonchev–Trinajstić information content (AvgIpc) is 2.36. The van der Waals surface area contributed by atoms with Crippen LogP contribution in [-0.4, -0.2) is 18.8 Å². The van der Waals surface area contributed by atoms with Gasteiger partial charge in [-0.05, 0) is 19.1 Å². The molecule has 0 aromatic rings. The summed E-state index contributed by atoms with van der Waals surface area (Å²) in [5.41, 5.74) is 0. The molecule has 0 saturated heterocycles. The van der Waals surface area contributed by atoms with Crippen LogP contribution in [-0.2, 0) is 4.12 Å². The van der Waals surface area contributed by atoms with Crippen molar-refractivity contribution in [1.29, 1.82) is 0 Å². The van der Waals surface area contributed by atoms with Crippen molar-refractivity contribution >= 4 is 18.8 Å². The summed E-state index contributed by atoms with van der Waals surface area (Å²) in [4.78, 5) is 0. The smallest absolute Gasteiger partial charge is 0.172 e. The van der Waals surface area contributed by atoms with Gasteiger partial charge in [0.2, 0.25) is 0 Å². The van der Waals surface area contributed by atoms with Gasteiger partial charge >= 0.3 is 0 Å². The van der Waals surface area contributed by atoms with E-state index >= 15 is 0 Å². The molecule has 0 bridgehead atoms. The van der Waals surface area contributed by atoms with Gasteiger partial charge in [-0.25, -0.2) is 0 Å². The first-order valence-electron chi connectivity index (χ1n) is 8.17. The molecule has 0 amide bonds. The molecule has 1 nitrogen and oxygen atoms in total. The van der Waals surface area contributed by atoms with E-state index in [0.29, 0.717) is 0 Å². The molecule has 0 aliphatic heterocycles. The molecular weight excluding hydrogens is 252 g/mol. The second-order valence-corrected chi connectivity index (χ2v) is 11.9. The first-order chi connectivity index (χ1) is 8.62. The first-order valence-corrected chi connectivity index (χ1v) is 12.1. The molecule has 0 atom stereocenters.